The number of hydrogen-bond donors (Lipinski definition) is 1. The number of ether oxygens (including phenoxy) is 1. The lowest BCUT2D eigenvalue weighted by Gasteiger charge is -2.37. The van der Waals surface area contributed by atoms with Crippen molar-refractivity contribution < 1.29 is 14.3 Å². The van der Waals surface area contributed by atoms with E-state index in [4.69, 9.17) is 4.74 Å². The Morgan fingerprint density at radius 1 is 1.22 bits per heavy atom. The Balaban J connectivity index is 1.18. The van der Waals surface area contributed by atoms with Crippen molar-refractivity contribution in [1.82, 2.24) is 35.4 Å². The summed E-state index contributed by atoms with van der Waals surface area (Å²) in [6.07, 6.45) is 7.76. The highest BCUT2D eigenvalue weighted by molar-refractivity contribution is 5.94. The molecule has 168 valence electrons. The van der Waals surface area contributed by atoms with E-state index < -0.39 is 0 Å². The average Bonchev–Trinajstić information content (AvgIpc) is 3.53. The van der Waals surface area contributed by atoms with Gasteiger partial charge in [-0.2, -0.15) is 4.68 Å². The van der Waals surface area contributed by atoms with Crippen LogP contribution >= 0.6 is 0 Å². The van der Waals surface area contributed by atoms with Crippen LogP contribution in [0.2, 0.25) is 0 Å². The summed E-state index contributed by atoms with van der Waals surface area (Å²) in [6.45, 7) is 4.74. The smallest absolute Gasteiger partial charge is 0.336 e. The van der Waals surface area contributed by atoms with E-state index in [1.54, 1.807) is 22.7 Å². The molecule has 1 saturated heterocycles. The van der Waals surface area contributed by atoms with Crippen LogP contribution < -0.4 is 5.32 Å². The molecule has 10 heteroatoms. The van der Waals surface area contributed by atoms with Crippen molar-refractivity contribution >= 4 is 11.9 Å². The van der Waals surface area contributed by atoms with Crippen LogP contribution in [0.1, 0.15) is 57.7 Å². The van der Waals surface area contributed by atoms with Crippen LogP contribution in [0.4, 0.5) is 0 Å². The largest absolute Gasteiger partial charge is 0.456 e. The molecule has 2 aromatic rings. The van der Waals surface area contributed by atoms with Crippen LogP contribution in [-0.4, -0.2) is 61.2 Å². The van der Waals surface area contributed by atoms with Crippen molar-refractivity contribution in [2.75, 3.05) is 13.2 Å². The summed E-state index contributed by atoms with van der Waals surface area (Å²) in [4.78, 5) is 31.4. The van der Waals surface area contributed by atoms with E-state index in [0.717, 1.165) is 49.2 Å². The van der Waals surface area contributed by atoms with Gasteiger partial charge in [-0.05, 0) is 68.5 Å². The van der Waals surface area contributed by atoms with Crippen molar-refractivity contribution in [3.8, 4) is 5.69 Å². The highest BCUT2D eigenvalue weighted by atomic mass is 16.5. The molecule has 2 fully saturated rings. The van der Waals surface area contributed by atoms with Gasteiger partial charge in [0.05, 0.1) is 34.3 Å². The van der Waals surface area contributed by atoms with E-state index in [2.05, 4.69) is 32.7 Å². The number of aromatic nitrogens is 5. The standard InChI is InChI=1S/C22H27N7O3/c1-14-19(12-32-20(14)30)28-10-9-22(21(28)31)7-5-16(6-8-22)25-15(2)18-4-3-17(11-23-18)29-13-24-26-27-29/h3-4,11,13,15-16,25H,5-10,12H2,1-2H3. The molecule has 10 nitrogen and oxygen atoms in total. The molecule has 1 saturated carbocycles. The summed E-state index contributed by atoms with van der Waals surface area (Å²) in [5.41, 5.74) is 2.79. The van der Waals surface area contributed by atoms with E-state index in [1.165, 1.54) is 6.33 Å². The van der Waals surface area contributed by atoms with E-state index in [1.807, 2.05) is 12.1 Å². The molecule has 1 aliphatic carbocycles. The fourth-order valence-electron chi connectivity index (χ4n) is 5.14. The monoisotopic (exact) mass is 437 g/mol. The Morgan fingerprint density at radius 2 is 2.03 bits per heavy atom. The van der Waals surface area contributed by atoms with Gasteiger partial charge in [-0.15, -0.1) is 5.10 Å². The lowest BCUT2D eigenvalue weighted by molar-refractivity contribution is -0.138. The predicted octanol–water partition coefficient (Wildman–Crippen LogP) is 1.70. The first-order valence-corrected chi connectivity index (χ1v) is 11.1. The Kier molecular flexibility index (Phi) is 5.24. The number of carbonyl (C=O) groups excluding carboxylic acids is 2. The zero-order chi connectivity index (χ0) is 22.3. The van der Waals surface area contributed by atoms with E-state index in [0.29, 0.717) is 18.2 Å². The number of tetrazole rings is 1. The normalized spacial score (nSPS) is 26.8. The number of rotatable bonds is 5. The predicted molar refractivity (Wildman–Crippen MR) is 113 cm³/mol. The molecule has 1 spiro atoms. The number of nitrogens with one attached hydrogen (secondary N) is 1. The molecular formula is C22H27N7O3. The first-order valence-electron chi connectivity index (χ1n) is 11.1. The molecule has 32 heavy (non-hydrogen) atoms. The van der Waals surface area contributed by atoms with E-state index in [-0.39, 0.29) is 29.9 Å². The number of esters is 1. The van der Waals surface area contributed by atoms with E-state index in [9.17, 15) is 9.59 Å². The Labute approximate surface area is 186 Å². The van der Waals surface area contributed by atoms with Crippen molar-refractivity contribution in [3.63, 3.8) is 0 Å². The van der Waals surface area contributed by atoms with Crippen LogP contribution in [-0.2, 0) is 14.3 Å². The first kappa shape index (κ1) is 20.7. The third kappa shape index (κ3) is 3.58. The van der Waals surface area contributed by atoms with Crippen LogP contribution in [0.5, 0.6) is 0 Å². The molecule has 2 aromatic heterocycles. The summed E-state index contributed by atoms with van der Waals surface area (Å²) < 4.78 is 6.68. The number of amides is 1. The fourth-order valence-corrected chi connectivity index (χ4v) is 5.14. The van der Waals surface area contributed by atoms with Crippen LogP contribution in [0.15, 0.2) is 35.9 Å². The molecule has 1 atom stereocenters. The second-order valence-electron chi connectivity index (χ2n) is 8.99. The van der Waals surface area contributed by atoms with Gasteiger partial charge in [-0.1, -0.05) is 0 Å². The number of cyclic esters (lactones) is 1. The van der Waals surface area contributed by atoms with Gasteiger partial charge in [0.2, 0.25) is 5.91 Å². The third-order valence-electron chi connectivity index (χ3n) is 7.17. The van der Waals surface area contributed by atoms with Crippen LogP contribution in [0.3, 0.4) is 0 Å². The van der Waals surface area contributed by atoms with E-state index >= 15 is 0 Å². The SMILES string of the molecule is CC1=C(N2CCC3(CCC(NC(C)c4ccc(-n5cnnn5)cn4)CC3)C2=O)COC1=O. The minimum Gasteiger partial charge on any atom is -0.456 e. The number of likely N-dealkylation sites (tertiary alicyclic amines) is 1. The van der Waals surface area contributed by atoms with Crippen LogP contribution in [0.25, 0.3) is 5.69 Å². The molecular weight excluding hydrogens is 410 g/mol. The quantitative estimate of drug-likeness (QED) is 0.703. The summed E-state index contributed by atoms with van der Waals surface area (Å²) in [5.74, 6) is -0.147. The van der Waals surface area contributed by atoms with Gasteiger partial charge in [0.25, 0.3) is 0 Å². The second-order valence-corrected chi connectivity index (χ2v) is 8.99. The Morgan fingerprint density at radius 3 is 2.66 bits per heavy atom. The van der Waals surface area contributed by atoms with Gasteiger partial charge in [0.1, 0.15) is 12.9 Å². The maximum atomic E-state index is 13.3. The zero-order valence-electron chi connectivity index (χ0n) is 18.3. The van der Waals surface area contributed by atoms with Gasteiger partial charge >= 0.3 is 5.97 Å². The first-order chi connectivity index (χ1) is 15.5. The van der Waals surface area contributed by atoms with Gasteiger partial charge < -0.3 is 15.0 Å². The molecule has 3 aliphatic rings. The average molecular weight is 438 g/mol. The second kappa shape index (κ2) is 8.09. The highest BCUT2D eigenvalue weighted by Crippen LogP contribution is 2.46. The summed E-state index contributed by atoms with van der Waals surface area (Å²) in [5, 5.41) is 14.8. The highest BCUT2D eigenvalue weighted by Gasteiger charge is 2.50. The molecule has 0 radical (unpaired) electrons. The number of carbonyl (C=O) groups is 2. The molecule has 1 unspecified atom stereocenters. The van der Waals surface area contributed by atoms with Crippen molar-refractivity contribution in [1.29, 1.82) is 0 Å². The third-order valence-corrected chi connectivity index (χ3v) is 7.17. The number of pyridine rings is 1. The number of hydrogen-bond acceptors (Lipinski definition) is 8. The molecule has 2 aliphatic heterocycles. The molecule has 1 amide bonds. The topological polar surface area (TPSA) is 115 Å². The summed E-state index contributed by atoms with van der Waals surface area (Å²) in [7, 11) is 0. The molecule has 1 N–H and O–H groups in total. The van der Waals surface area contributed by atoms with Crippen molar-refractivity contribution in [3.05, 3.63) is 41.6 Å². The number of nitrogens with zero attached hydrogens (tertiary/aromatic N) is 6. The minimum atomic E-state index is -0.310. The molecule has 0 aromatic carbocycles. The van der Waals surface area contributed by atoms with Gasteiger partial charge in [0.15, 0.2) is 0 Å². The maximum absolute atomic E-state index is 13.3. The zero-order valence-corrected chi connectivity index (χ0v) is 18.3. The maximum Gasteiger partial charge on any atom is 0.336 e. The Hall–Kier alpha value is -3.14. The van der Waals surface area contributed by atoms with Gasteiger partial charge in [-0.3, -0.25) is 9.78 Å². The summed E-state index contributed by atoms with van der Waals surface area (Å²) >= 11 is 0. The lowest BCUT2D eigenvalue weighted by Crippen LogP contribution is -2.42. The molecule has 4 heterocycles. The summed E-state index contributed by atoms with van der Waals surface area (Å²) in [6, 6.07) is 4.38. The molecule has 0 bridgehead atoms. The van der Waals surface area contributed by atoms with Gasteiger partial charge in [0, 0.05) is 18.6 Å². The van der Waals surface area contributed by atoms with Crippen molar-refractivity contribution in [2.45, 2.75) is 58.0 Å². The fraction of sp³-hybridized carbons (Fsp3) is 0.545. The minimum absolute atomic E-state index is 0.0993. The van der Waals surface area contributed by atoms with Crippen LogP contribution in [0, 0.1) is 5.41 Å². The van der Waals surface area contributed by atoms with Crippen molar-refractivity contribution in [2.24, 2.45) is 5.41 Å². The Bertz CT molecular complexity index is 1040. The lowest BCUT2D eigenvalue weighted by atomic mass is 9.71. The molecule has 5 rings (SSSR count). The van der Waals surface area contributed by atoms with Gasteiger partial charge in [-0.25, -0.2) is 4.79 Å².